The van der Waals surface area contributed by atoms with Crippen LogP contribution in [0.1, 0.15) is 66.2 Å². The smallest absolute Gasteiger partial charge is 0.337 e. The maximum absolute atomic E-state index is 15.4. The third-order valence-corrected chi connectivity index (χ3v) is 6.69. The van der Waals surface area contributed by atoms with Crippen molar-refractivity contribution in [3.63, 3.8) is 0 Å². The van der Waals surface area contributed by atoms with E-state index in [4.69, 9.17) is 14.5 Å². The predicted octanol–water partition coefficient (Wildman–Crippen LogP) is 4.96. The molecule has 1 aliphatic heterocycles. The van der Waals surface area contributed by atoms with Crippen LogP contribution in [0.25, 0.3) is 22.2 Å². The molecule has 0 fully saturated rings. The largest absolute Gasteiger partial charge is 0.490 e. The quantitative estimate of drug-likeness (QED) is 0.520. The maximum Gasteiger partial charge on any atom is 0.337 e. The molecule has 0 unspecified atom stereocenters. The first-order valence-electron chi connectivity index (χ1n) is 12.3. The van der Waals surface area contributed by atoms with Crippen molar-refractivity contribution in [2.45, 2.75) is 59.2 Å². The van der Waals surface area contributed by atoms with Crippen molar-refractivity contribution in [3.05, 3.63) is 46.0 Å². The summed E-state index contributed by atoms with van der Waals surface area (Å²) in [6.45, 7) is 9.39. The molecule has 1 aliphatic rings. The van der Waals surface area contributed by atoms with Gasteiger partial charge in [-0.2, -0.15) is 0 Å². The lowest BCUT2D eigenvalue weighted by Gasteiger charge is -2.29. The monoisotopic (exact) mass is 511 g/mol. The molecule has 8 nitrogen and oxygen atoms in total. The number of carbonyl (C=O) groups excluding carboxylic acids is 1. The Morgan fingerprint density at radius 1 is 1.24 bits per heavy atom. The molecule has 0 aliphatic carbocycles. The first kappa shape index (κ1) is 26.6. The number of carboxylic acid groups (broad SMARTS) is 1. The molecule has 0 saturated carbocycles. The summed E-state index contributed by atoms with van der Waals surface area (Å²) < 4.78 is 28.8. The van der Waals surface area contributed by atoms with Gasteiger partial charge >= 0.3 is 5.97 Å². The maximum atomic E-state index is 15.4. The van der Waals surface area contributed by atoms with Gasteiger partial charge in [0.15, 0.2) is 17.7 Å². The number of nitrogens with zero attached hydrogens (tertiary/aromatic N) is 3. The highest BCUT2D eigenvalue weighted by Crippen LogP contribution is 2.44. The fraction of sp³-hybridized carbons (Fsp3) is 0.464. The first-order chi connectivity index (χ1) is 17.2. The second-order valence-electron chi connectivity index (χ2n) is 10.8. The van der Waals surface area contributed by atoms with Gasteiger partial charge in [-0.05, 0) is 70.7 Å². The minimum absolute atomic E-state index is 0.229. The number of hydrogen-bond acceptors (Lipinski definition) is 5. The molecule has 4 rings (SSSR count). The number of hydrogen-bond donors (Lipinski definition) is 1. The zero-order valence-electron chi connectivity index (χ0n) is 22.7. The minimum Gasteiger partial charge on any atom is -0.490 e. The topological polar surface area (TPSA) is 93.9 Å². The van der Waals surface area contributed by atoms with E-state index in [1.807, 2.05) is 6.92 Å². The van der Waals surface area contributed by atoms with Crippen molar-refractivity contribution in [1.29, 1.82) is 0 Å². The van der Waals surface area contributed by atoms with Gasteiger partial charge in [-0.1, -0.05) is 0 Å². The molecule has 0 saturated heterocycles. The third kappa shape index (κ3) is 4.68. The van der Waals surface area contributed by atoms with Crippen molar-refractivity contribution >= 4 is 22.9 Å². The van der Waals surface area contributed by atoms with Crippen molar-refractivity contribution in [3.8, 4) is 16.9 Å². The number of pyridine rings is 1. The van der Waals surface area contributed by atoms with Gasteiger partial charge < -0.3 is 24.0 Å². The summed E-state index contributed by atoms with van der Waals surface area (Å²) in [7, 11) is 5.06. The van der Waals surface area contributed by atoms with Crippen molar-refractivity contribution < 1.29 is 28.6 Å². The number of benzene rings is 1. The number of amides is 1. The van der Waals surface area contributed by atoms with Crippen LogP contribution in [0.5, 0.6) is 5.75 Å². The van der Waals surface area contributed by atoms with Crippen LogP contribution in [-0.4, -0.2) is 57.7 Å². The Balaban J connectivity index is 2.16. The van der Waals surface area contributed by atoms with E-state index < -0.39 is 23.5 Å². The van der Waals surface area contributed by atoms with E-state index in [2.05, 4.69) is 0 Å². The molecule has 1 amide bonds. The van der Waals surface area contributed by atoms with E-state index in [0.29, 0.717) is 52.1 Å². The molecular weight excluding hydrogens is 477 g/mol. The number of aromatic nitrogens is 2. The number of carboxylic acids is 1. The molecule has 2 aromatic heterocycles. The zero-order chi connectivity index (χ0) is 27.4. The SMILES string of the molecule is Cc1nc2c(cc(C(=O)N(C)C)n2C)c(-c2cc(F)c3c(c2C)CCCO3)c1[C@H](OC(C)(C)C)C(=O)O. The lowest BCUT2D eigenvalue weighted by atomic mass is 9.86. The van der Waals surface area contributed by atoms with Crippen molar-refractivity contribution in [2.24, 2.45) is 7.05 Å². The highest BCUT2D eigenvalue weighted by molar-refractivity contribution is 6.04. The molecule has 1 N–H and O–H groups in total. The number of aryl methyl sites for hydroxylation is 2. The Hall–Kier alpha value is -3.46. The molecule has 3 heterocycles. The first-order valence-corrected chi connectivity index (χ1v) is 12.3. The van der Waals surface area contributed by atoms with Gasteiger partial charge in [0, 0.05) is 48.9 Å². The van der Waals surface area contributed by atoms with Gasteiger partial charge in [-0.3, -0.25) is 4.79 Å². The van der Waals surface area contributed by atoms with Gasteiger partial charge in [0.05, 0.1) is 12.2 Å². The fourth-order valence-corrected chi connectivity index (χ4v) is 5.01. The van der Waals surface area contributed by atoms with Gasteiger partial charge in [0.2, 0.25) is 0 Å². The van der Waals surface area contributed by atoms with Gasteiger partial charge in [-0.25, -0.2) is 14.2 Å². The lowest BCUT2D eigenvalue weighted by Crippen LogP contribution is -2.28. The summed E-state index contributed by atoms with van der Waals surface area (Å²) in [6, 6.07) is 3.10. The molecule has 0 bridgehead atoms. The highest BCUT2D eigenvalue weighted by Gasteiger charge is 2.34. The summed E-state index contributed by atoms with van der Waals surface area (Å²) >= 11 is 0. The fourth-order valence-electron chi connectivity index (χ4n) is 5.01. The average Bonchev–Trinajstić information content (AvgIpc) is 3.14. The molecule has 9 heteroatoms. The second-order valence-corrected chi connectivity index (χ2v) is 10.8. The Morgan fingerprint density at radius 2 is 1.92 bits per heavy atom. The van der Waals surface area contributed by atoms with Crippen LogP contribution < -0.4 is 4.74 Å². The van der Waals surface area contributed by atoms with E-state index in [1.54, 1.807) is 59.5 Å². The number of carbonyl (C=O) groups is 2. The number of ether oxygens (including phenoxy) is 2. The van der Waals surface area contributed by atoms with E-state index in [9.17, 15) is 14.7 Å². The van der Waals surface area contributed by atoms with Gasteiger partial charge in [0.1, 0.15) is 11.3 Å². The molecule has 3 aromatic rings. The van der Waals surface area contributed by atoms with Gasteiger partial charge in [-0.15, -0.1) is 0 Å². The van der Waals surface area contributed by atoms with Crippen LogP contribution in [0.15, 0.2) is 12.1 Å². The summed E-state index contributed by atoms with van der Waals surface area (Å²) in [5.41, 5.74) is 3.45. The van der Waals surface area contributed by atoms with Crippen LogP contribution in [-0.2, 0) is 23.0 Å². The Bertz CT molecular complexity index is 1420. The second kappa shape index (κ2) is 9.45. The number of fused-ring (bicyclic) bond motifs is 2. The molecule has 37 heavy (non-hydrogen) atoms. The number of halogens is 1. The van der Waals surface area contributed by atoms with Crippen LogP contribution in [0.3, 0.4) is 0 Å². The normalized spacial score (nSPS) is 14.3. The highest BCUT2D eigenvalue weighted by atomic mass is 19.1. The standard InChI is InChI=1S/C28H34FN3O5/c1-14-16-10-9-11-36-23(16)19(29)12-17(14)22-18-13-20(26(33)31(6)7)32(8)25(18)30-15(2)21(22)24(27(34)35)37-28(3,4)5/h12-13,24H,9-11H2,1-8H3,(H,34,35)/t24-/m0/s1. The number of aliphatic carboxylic acids is 1. The zero-order valence-corrected chi connectivity index (χ0v) is 22.7. The summed E-state index contributed by atoms with van der Waals surface area (Å²) in [5.74, 6) is -1.67. The van der Waals surface area contributed by atoms with E-state index in [-0.39, 0.29) is 11.7 Å². The molecule has 1 aromatic carbocycles. The van der Waals surface area contributed by atoms with Crippen LogP contribution >= 0.6 is 0 Å². The summed E-state index contributed by atoms with van der Waals surface area (Å²) in [6.07, 6.45) is 0.0374. The van der Waals surface area contributed by atoms with Crippen LogP contribution in [0, 0.1) is 19.7 Å². The molecule has 1 atom stereocenters. The summed E-state index contributed by atoms with van der Waals surface area (Å²) in [4.78, 5) is 31.8. The number of rotatable bonds is 5. The van der Waals surface area contributed by atoms with Crippen LogP contribution in [0.2, 0.25) is 0 Å². The molecular formula is C28H34FN3O5. The Labute approximate surface area is 216 Å². The van der Waals surface area contributed by atoms with Crippen molar-refractivity contribution in [2.75, 3.05) is 20.7 Å². The van der Waals surface area contributed by atoms with E-state index >= 15 is 4.39 Å². The van der Waals surface area contributed by atoms with E-state index in [1.165, 1.54) is 11.0 Å². The van der Waals surface area contributed by atoms with Gasteiger partial charge in [0.25, 0.3) is 5.91 Å². The van der Waals surface area contributed by atoms with E-state index in [0.717, 1.165) is 17.5 Å². The molecule has 0 spiro atoms. The molecule has 0 radical (unpaired) electrons. The Morgan fingerprint density at radius 3 is 2.51 bits per heavy atom. The van der Waals surface area contributed by atoms with Crippen LogP contribution in [0.4, 0.5) is 4.39 Å². The average molecular weight is 512 g/mol. The lowest BCUT2D eigenvalue weighted by molar-refractivity contribution is -0.160. The van der Waals surface area contributed by atoms with Crippen molar-refractivity contribution in [1.82, 2.24) is 14.5 Å². The minimum atomic E-state index is -1.37. The molecule has 198 valence electrons. The summed E-state index contributed by atoms with van der Waals surface area (Å²) in [5, 5.41) is 10.8. The predicted molar refractivity (Wildman–Crippen MR) is 139 cm³/mol. The third-order valence-electron chi connectivity index (χ3n) is 6.69. The Kier molecular flexibility index (Phi) is 6.79.